The first-order valence-electron chi connectivity index (χ1n) is 9.25. The maximum absolute atomic E-state index is 12.9. The van der Waals surface area contributed by atoms with E-state index in [2.05, 4.69) is 5.32 Å². The van der Waals surface area contributed by atoms with Crippen molar-refractivity contribution >= 4 is 27.3 Å². The summed E-state index contributed by atoms with van der Waals surface area (Å²) in [6.45, 7) is 7.58. The Balaban J connectivity index is 2.25. The molecule has 0 aliphatic rings. The first-order valence-corrected chi connectivity index (χ1v) is 11.1. The minimum absolute atomic E-state index is 0.0581. The molecule has 0 aromatic heterocycles. The van der Waals surface area contributed by atoms with Crippen molar-refractivity contribution in [3.05, 3.63) is 54.1 Å². The highest BCUT2D eigenvalue weighted by molar-refractivity contribution is 7.92. The van der Waals surface area contributed by atoms with Gasteiger partial charge in [-0.2, -0.15) is 0 Å². The van der Waals surface area contributed by atoms with Crippen LogP contribution in [0.4, 0.5) is 11.4 Å². The van der Waals surface area contributed by atoms with Gasteiger partial charge in [0.25, 0.3) is 0 Å². The van der Waals surface area contributed by atoms with Gasteiger partial charge in [-0.05, 0) is 63.6 Å². The number of hydrogen-bond donors (Lipinski definition) is 1. The quantitative estimate of drug-likeness (QED) is 0.722. The first-order chi connectivity index (χ1) is 13.1. The molecule has 28 heavy (non-hydrogen) atoms. The number of benzene rings is 2. The van der Waals surface area contributed by atoms with Gasteiger partial charge < -0.3 is 10.1 Å². The topological polar surface area (TPSA) is 75.7 Å². The Morgan fingerprint density at radius 3 is 2.11 bits per heavy atom. The molecule has 0 saturated heterocycles. The molecule has 0 fully saturated rings. The van der Waals surface area contributed by atoms with Crippen LogP contribution < -0.4 is 14.4 Å². The fraction of sp³-hybridized carbons (Fsp3) is 0.381. The number of sulfonamides is 1. The third-order valence-corrected chi connectivity index (χ3v) is 5.29. The number of carbonyl (C=O) groups excluding carboxylic acids is 1. The molecule has 152 valence electrons. The van der Waals surface area contributed by atoms with Crippen LogP contribution in [0.25, 0.3) is 0 Å². The molecule has 0 bridgehead atoms. The average Bonchev–Trinajstić information content (AvgIpc) is 2.60. The lowest BCUT2D eigenvalue weighted by Crippen LogP contribution is -2.47. The summed E-state index contributed by atoms with van der Waals surface area (Å²) in [5.41, 5.74) is 2.06. The zero-order valence-corrected chi connectivity index (χ0v) is 17.8. The number of nitrogens with zero attached hydrogens (tertiary/aromatic N) is 1. The van der Waals surface area contributed by atoms with Gasteiger partial charge in [0.1, 0.15) is 11.8 Å². The highest BCUT2D eigenvalue weighted by Gasteiger charge is 2.31. The number of anilines is 2. The third-order valence-electron chi connectivity index (χ3n) is 4.11. The third kappa shape index (κ3) is 5.73. The molecule has 2 aromatic rings. The molecular weight excluding hydrogens is 376 g/mol. The van der Waals surface area contributed by atoms with E-state index in [0.717, 1.165) is 11.8 Å². The van der Waals surface area contributed by atoms with Crippen molar-refractivity contribution in [1.82, 2.24) is 0 Å². The molecule has 0 aliphatic carbocycles. The summed E-state index contributed by atoms with van der Waals surface area (Å²) in [5.74, 6) is 0.323. The predicted octanol–water partition coefficient (Wildman–Crippen LogP) is 3.97. The van der Waals surface area contributed by atoms with E-state index in [1.807, 2.05) is 32.9 Å². The Labute approximate surface area is 167 Å². The summed E-state index contributed by atoms with van der Waals surface area (Å²) >= 11 is 0. The minimum Gasteiger partial charge on any atom is -0.491 e. The van der Waals surface area contributed by atoms with Crippen molar-refractivity contribution < 1.29 is 17.9 Å². The van der Waals surface area contributed by atoms with Crippen LogP contribution in [0.2, 0.25) is 0 Å². The van der Waals surface area contributed by atoms with Crippen molar-refractivity contribution in [3.8, 4) is 5.75 Å². The molecule has 0 spiro atoms. The molecule has 0 aliphatic heterocycles. The SMILES string of the molecule is CCC(C(=O)Nc1ccc(OC(C)C)cc1)N(c1ccc(C)cc1)S(C)(=O)=O. The fourth-order valence-corrected chi connectivity index (χ4v) is 4.08. The molecule has 7 heteroatoms. The van der Waals surface area contributed by atoms with Crippen LogP contribution in [0.5, 0.6) is 5.75 Å². The van der Waals surface area contributed by atoms with Crippen LogP contribution in [0, 0.1) is 6.92 Å². The van der Waals surface area contributed by atoms with Gasteiger partial charge in [0.05, 0.1) is 18.0 Å². The summed E-state index contributed by atoms with van der Waals surface area (Å²) in [7, 11) is -3.65. The van der Waals surface area contributed by atoms with Gasteiger partial charge in [0, 0.05) is 5.69 Å². The van der Waals surface area contributed by atoms with E-state index in [1.165, 1.54) is 4.31 Å². The Kier molecular flexibility index (Phi) is 7.07. The number of aryl methyl sites for hydroxylation is 1. The van der Waals surface area contributed by atoms with Crippen molar-refractivity contribution in [2.75, 3.05) is 15.9 Å². The Morgan fingerprint density at radius 2 is 1.64 bits per heavy atom. The molecule has 1 atom stereocenters. The van der Waals surface area contributed by atoms with Crippen molar-refractivity contribution in [2.24, 2.45) is 0 Å². The predicted molar refractivity (Wildman–Crippen MR) is 113 cm³/mol. The van der Waals surface area contributed by atoms with Crippen molar-refractivity contribution in [2.45, 2.75) is 46.3 Å². The molecule has 2 aromatic carbocycles. The lowest BCUT2D eigenvalue weighted by Gasteiger charge is -2.30. The van der Waals surface area contributed by atoms with Crippen LogP contribution >= 0.6 is 0 Å². The van der Waals surface area contributed by atoms with E-state index in [1.54, 1.807) is 43.3 Å². The molecule has 1 amide bonds. The normalized spacial score (nSPS) is 12.5. The lowest BCUT2D eigenvalue weighted by atomic mass is 10.1. The van der Waals surface area contributed by atoms with Crippen LogP contribution in [-0.4, -0.2) is 32.7 Å². The van der Waals surface area contributed by atoms with Gasteiger partial charge in [0.2, 0.25) is 15.9 Å². The van der Waals surface area contributed by atoms with Crippen LogP contribution in [0.15, 0.2) is 48.5 Å². The summed E-state index contributed by atoms with van der Waals surface area (Å²) in [4.78, 5) is 12.9. The number of hydrogen-bond acceptors (Lipinski definition) is 4. The van der Waals surface area contributed by atoms with E-state index in [4.69, 9.17) is 4.74 Å². The molecule has 6 nitrogen and oxygen atoms in total. The maximum Gasteiger partial charge on any atom is 0.248 e. The second kappa shape index (κ2) is 9.10. The Bertz CT molecular complexity index is 891. The average molecular weight is 405 g/mol. The van der Waals surface area contributed by atoms with E-state index in [9.17, 15) is 13.2 Å². The fourth-order valence-electron chi connectivity index (χ4n) is 2.87. The zero-order chi connectivity index (χ0) is 20.9. The molecule has 0 radical (unpaired) electrons. The van der Waals surface area contributed by atoms with Gasteiger partial charge >= 0.3 is 0 Å². The minimum atomic E-state index is -3.65. The molecule has 2 rings (SSSR count). The first kappa shape index (κ1) is 21.8. The highest BCUT2D eigenvalue weighted by Crippen LogP contribution is 2.24. The van der Waals surface area contributed by atoms with Crippen LogP contribution in [-0.2, 0) is 14.8 Å². The molecule has 0 heterocycles. The second-order valence-electron chi connectivity index (χ2n) is 7.00. The van der Waals surface area contributed by atoms with Gasteiger partial charge in [-0.25, -0.2) is 8.42 Å². The summed E-state index contributed by atoms with van der Waals surface area (Å²) in [6.07, 6.45) is 1.50. The number of carbonyl (C=O) groups is 1. The number of rotatable bonds is 8. The second-order valence-corrected chi connectivity index (χ2v) is 8.86. The molecule has 1 N–H and O–H groups in total. The zero-order valence-electron chi connectivity index (χ0n) is 17.0. The maximum atomic E-state index is 12.9. The van der Waals surface area contributed by atoms with E-state index in [-0.39, 0.29) is 12.0 Å². The highest BCUT2D eigenvalue weighted by atomic mass is 32.2. The van der Waals surface area contributed by atoms with Gasteiger partial charge in [-0.1, -0.05) is 24.6 Å². The van der Waals surface area contributed by atoms with Crippen LogP contribution in [0.1, 0.15) is 32.8 Å². The Morgan fingerprint density at radius 1 is 1.07 bits per heavy atom. The van der Waals surface area contributed by atoms with E-state index >= 15 is 0 Å². The van der Waals surface area contributed by atoms with E-state index < -0.39 is 16.1 Å². The van der Waals surface area contributed by atoms with Gasteiger partial charge in [-0.15, -0.1) is 0 Å². The van der Waals surface area contributed by atoms with Crippen molar-refractivity contribution in [1.29, 1.82) is 0 Å². The number of ether oxygens (including phenoxy) is 1. The summed E-state index contributed by atoms with van der Waals surface area (Å²) in [6, 6.07) is 13.2. The summed E-state index contributed by atoms with van der Waals surface area (Å²) in [5, 5.41) is 2.81. The largest absolute Gasteiger partial charge is 0.491 e. The lowest BCUT2D eigenvalue weighted by molar-refractivity contribution is -0.117. The molecule has 0 saturated carbocycles. The number of amides is 1. The smallest absolute Gasteiger partial charge is 0.248 e. The van der Waals surface area contributed by atoms with Crippen molar-refractivity contribution in [3.63, 3.8) is 0 Å². The Hall–Kier alpha value is -2.54. The molecular formula is C21H28N2O4S. The molecule has 1 unspecified atom stereocenters. The van der Waals surface area contributed by atoms with E-state index in [0.29, 0.717) is 23.5 Å². The standard InChI is InChI=1S/C21H28N2O4S/c1-6-20(23(28(5,25)26)18-11-7-16(4)8-12-18)21(24)22-17-9-13-19(14-10-17)27-15(2)3/h7-15,20H,6H2,1-5H3,(H,22,24). The van der Waals surface area contributed by atoms with Gasteiger partial charge in [0.15, 0.2) is 0 Å². The number of nitrogens with one attached hydrogen (secondary N) is 1. The van der Waals surface area contributed by atoms with Crippen LogP contribution in [0.3, 0.4) is 0 Å². The van der Waals surface area contributed by atoms with Gasteiger partial charge in [-0.3, -0.25) is 9.10 Å². The monoisotopic (exact) mass is 404 g/mol. The summed E-state index contributed by atoms with van der Waals surface area (Å²) < 4.78 is 31.7.